The van der Waals surface area contributed by atoms with E-state index in [1.165, 1.54) is 0 Å². The summed E-state index contributed by atoms with van der Waals surface area (Å²) in [6.07, 6.45) is 0.572. The van der Waals surface area contributed by atoms with Crippen LogP contribution in [-0.4, -0.2) is 11.0 Å². The van der Waals surface area contributed by atoms with Crippen LogP contribution in [0, 0.1) is 0 Å². The van der Waals surface area contributed by atoms with Crippen molar-refractivity contribution in [3.8, 4) is 0 Å². The van der Waals surface area contributed by atoms with Gasteiger partial charge in [-0.3, -0.25) is 4.79 Å². The van der Waals surface area contributed by atoms with Crippen molar-refractivity contribution >= 4 is 23.0 Å². The number of aliphatic hydroxyl groups is 1. The van der Waals surface area contributed by atoms with Crippen molar-refractivity contribution in [1.29, 1.82) is 0 Å². The van der Waals surface area contributed by atoms with Crippen LogP contribution in [0.5, 0.6) is 0 Å². The zero-order valence-electron chi connectivity index (χ0n) is 14.6. The first-order chi connectivity index (χ1) is 11.8. The third-order valence-corrected chi connectivity index (χ3v) is 4.30. The minimum absolute atomic E-state index is 0.152. The van der Waals surface area contributed by atoms with Gasteiger partial charge >= 0.3 is 0 Å². The number of nitrogen functional groups attached to an aromatic ring is 1. The Bertz CT molecular complexity index is 850. The van der Waals surface area contributed by atoms with Gasteiger partial charge in [0.25, 0.3) is 5.91 Å². The number of anilines is 3. The highest BCUT2D eigenvalue weighted by molar-refractivity contribution is 6.06. The number of hydrogen-bond donors (Lipinski definition) is 4. The van der Waals surface area contributed by atoms with E-state index in [2.05, 4.69) is 31.4 Å². The Kier molecular flexibility index (Phi) is 4.27. The average Bonchev–Trinajstić information content (AvgIpc) is 2.54. The van der Waals surface area contributed by atoms with E-state index < -0.39 is 6.10 Å². The second kappa shape index (κ2) is 6.26. The van der Waals surface area contributed by atoms with E-state index in [1.54, 1.807) is 18.3 Å². The number of nitrogens with one attached hydrogen (secondary N) is 2. The van der Waals surface area contributed by atoms with Gasteiger partial charge in [-0.25, -0.2) is 0 Å². The average molecular weight is 337 g/mol. The molecular formula is C20H23N3O2. The number of fused-ring (bicyclic) bond motifs is 1. The van der Waals surface area contributed by atoms with Crippen LogP contribution in [0.3, 0.4) is 0 Å². The van der Waals surface area contributed by atoms with Crippen LogP contribution in [0.15, 0.2) is 54.2 Å². The van der Waals surface area contributed by atoms with E-state index in [4.69, 9.17) is 5.73 Å². The topological polar surface area (TPSA) is 87.4 Å². The zero-order chi connectivity index (χ0) is 18.2. The van der Waals surface area contributed by atoms with E-state index in [9.17, 15) is 9.90 Å². The van der Waals surface area contributed by atoms with Crippen molar-refractivity contribution in [1.82, 2.24) is 0 Å². The summed E-state index contributed by atoms with van der Waals surface area (Å²) in [7, 11) is 0. The molecule has 0 aliphatic carbocycles. The normalized spacial score (nSPS) is 16.5. The number of para-hydroxylation sites is 1. The highest BCUT2D eigenvalue weighted by atomic mass is 16.3. The molecule has 5 N–H and O–H groups in total. The first kappa shape index (κ1) is 17.0. The lowest BCUT2D eigenvalue weighted by molar-refractivity contribution is -0.113. The fourth-order valence-corrected chi connectivity index (χ4v) is 2.97. The molecule has 0 fully saturated rings. The largest absolute Gasteiger partial charge is 0.399 e. The molecule has 0 saturated carbocycles. The molecule has 0 aromatic heterocycles. The van der Waals surface area contributed by atoms with E-state index in [0.717, 1.165) is 11.3 Å². The lowest BCUT2D eigenvalue weighted by Crippen LogP contribution is -2.25. The van der Waals surface area contributed by atoms with Crippen molar-refractivity contribution in [2.45, 2.75) is 32.3 Å². The first-order valence-corrected chi connectivity index (χ1v) is 8.22. The molecule has 0 saturated heterocycles. The number of aliphatic hydroxyl groups excluding tert-OH is 1. The zero-order valence-corrected chi connectivity index (χ0v) is 14.6. The summed E-state index contributed by atoms with van der Waals surface area (Å²) in [5.41, 5.74) is 9.69. The van der Waals surface area contributed by atoms with Crippen LogP contribution in [0.1, 0.15) is 38.0 Å². The SMILES string of the molecule is CC(C)(C)c1ccc(N)cc1NC(=O)C1=CNc2ccccc2C1O. The molecule has 5 heteroatoms. The smallest absolute Gasteiger partial charge is 0.256 e. The Morgan fingerprint density at radius 1 is 1.20 bits per heavy atom. The highest BCUT2D eigenvalue weighted by Gasteiger charge is 2.27. The molecule has 0 radical (unpaired) electrons. The molecule has 1 aliphatic rings. The maximum atomic E-state index is 12.8. The second-order valence-electron chi connectivity index (χ2n) is 7.24. The monoisotopic (exact) mass is 337 g/mol. The molecule has 1 aliphatic heterocycles. The molecule has 1 amide bonds. The number of carbonyl (C=O) groups excluding carboxylic acids is 1. The lowest BCUT2D eigenvalue weighted by Gasteiger charge is -2.26. The first-order valence-electron chi connectivity index (χ1n) is 8.22. The van der Waals surface area contributed by atoms with Crippen molar-refractivity contribution in [3.05, 3.63) is 65.4 Å². The number of hydrogen-bond acceptors (Lipinski definition) is 4. The molecule has 0 spiro atoms. The highest BCUT2D eigenvalue weighted by Crippen LogP contribution is 2.35. The van der Waals surface area contributed by atoms with E-state index in [1.807, 2.05) is 30.3 Å². The quantitative estimate of drug-likeness (QED) is 0.631. The van der Waals surface area contributed by atoms with E-state index in [0.29, 0.717) is 16.9 Å². The molecule has 1 unspecified atom stereocenters. The summed E-state index contributed by atoms with van der Waals surface area (Å²) in [5.74, 6) is -0.356. The standard InChI is InChI=1S/C20H23N3O2/c1-20(2,3)15-9-8-12(21)10-17(15)23-19(25)14-11-22-16-7-5-4-6-13(16)18(14)24/h4-11,18,22,24H,21H2,1-3H3,(H,23,25). The number of nitrogens with two attached hydrogens (primary N) is 1. The summed E-state index contributed by atoms with van der Waals surface area (Å²) >= 11 is 0. The van der Waals surface area contributed by atoms with Crippen LogP contribution in [0.25, 0.3) is 0 Å². The van der Waals surface area contributed by atoms with Gasteiger partial charge in [-0.1, -0.05) is 45.0 Å². The molecule has 1 heterocycles. The van der Waals surface area contributed by atoms with E-state index in [-0.39, 0.29) is 16.9 Å². The van der Waals surface area contributed by atoms with Crippen LogP contribution in [-0.2, 0) is 10.2 Å². The molecule has 2 aromatic carbocycles. The van der Waals surface area contributed by atoms with Crippen molar-refractivity contribution < 1.29 is 9.90 Å². The summed E-state index contributed by atoms with van der Waals surface area (Å²) in [5, 5.41) is 16.5. The van der Waals surface area contributed by atoms with E-state index >= 15 is 0 Å². The Morgan fingerprint density at radius 3 is 2.64 bits per heavy atom. The molecule has 25 heavy (non-hydrogen) atoms. The number of benzene rings is 2. The van der Waals surface area contributed by atoms with Gasteiger partial charge < -0.3 is 21.5 Å². The summed E-state index contributed by atoms with van der Waals surface area (Å²) in [4.78, 5) is 12.8. The second-order valence-corrected chi connectivity index (χ2v) is 7.24. The number of rotatable bonds is 2. The number of carbonyl (C=O) groups is 1. The van der Waals surface area contributed by atoms with Crippen LogP contribution >= 0.6 is 0 Å². The Morgan fingerprint density at radius 2 is 1.92 bits per heavy atom. The summed E-state index contributed by atoms with van der Waals surface area (Å²) < 4.78 is 0. The third kappa shape index (κ3) is 3.37. The Balaban J connectivity index is 1.89. The predicted molar refractivity (Wildman–Crippen MR) is 101 cm³/mol. The molecule has 2 aromatic rings. The van der Waals surface area contributed by atoms with Crippen LogP contribution < -0.4 is 16.4 Å². The lowest BCUT2D eigenvalue weighted by atomic mass is 9.85. The minimum atomic E-state index is -0.975. The summed E-state index contributed by atoms with van der Waals surface area (Å²) in [6, 6.07) is 12.9. The fourth-order valence-electron chi connectivity index (χ4n) is 2.97. The molecule has 5 nitrogen and oxygen atoms in total. The molecule has 3 rings (SSSR count). The van der Waals surface area contributed by atoms with Crippen molar-refractivity contribution in [3.63, 3.8) is 0 Å². The molecule has 1 atom stereocenters. The fraction of sp³-hybridized carbons (Fsp3) is 0.250. The van der Waals surface area contributed by atoms with Gasteiger partial charge in [0.05, 0.1) is 5.57 Å². The van der Waals surface area contributed by atoms with Gasteiger partial charge in [0, 0.05) is 28.8 Å². The van der Waals surface area contributed by atoms with Crippen LogP contribution in [0.2, 0.25) is 0 Å². The van der Waals surface area contributed by atoms with Gasteiger partial charge in [-0.15, -0.1) is 0 Å². The van der Waals surface area contributed by atoms with Crippen LogP contribution in [0.4, 0.5) is 17.1 Å². The number of amides is 1. The van der Waals surface area contributed by atoms with Gasteiger partial charge in [0.1, 0.15) is 6.10 Å². The van der Waals surface area contributed by atoms with Crippen molar-refractivity contribution in [2.75, 3.05) is 16.4 Å². The maximum absolute atomic E-state index is 12.8. The van der Waals surface area contributed by atoms with Crippen molar-refractivity contribution in [2.24, 2.45) is 0 Å². The molecule has 0 bridgehead atoms. The predicted octanol–water partition coefficient (Wildman–Crippen LogP) is 3.55. The van der Waals surface area contributed by atoms with Gasteiger partial charge in [-0.2, -0.15) is 0 Å². The molecular weight excluding hydrogens is 314 g/mol. The maximum Gasteiger partial charge on any atom is 0.256 e. The Hall–Kier alpha value is -2.79. The van der Waals surface area contributed by atoms with Gasteiger partial charge in [0.2, 0.25) is 0 Å². The minimum Gasteiger partial charge on any atom is -0.399 e. The Labute approximate surface area is 147 Å². The molecule has 130 valence electrons. The van der Waals surface area contributed by atoms with Gasteiger partial charge in [0.15, 0.2) is 0 Å². The summed E-state index contributed by atoms with van der Waals surface area (Å²) in [6.45, 7) is 6.21. The third-order valence-electron chi connectivity index (χ3n) is 4.30. The van der Waals surface area contributed by atoms with Gasteiger partial charge in [-0.05, 0) is 29.2 Å².